The van der Waals surface area contributed by atoms with Gasteiger partial charge in [-0.3, -0.25) is 10.1 Å². The largest absolute Gasteiger partial charge is 0.493 e. The molecule has 2 rings (SSSR count). The molecule has 21 heavy (non-hydrogen) atoms. The Bertz CT molecular complexity index is 672. The van der Waals surface area contributed by atoms with Gasteiger partial charge in [-0.1, -0.05) is 17.8 Å². The number of nitro groups is 1. The average molecular weight is 303 g/mol. The Kier molecular flexibility index (Phi) is 4.89. The van der Waals surface area contributed by atoms with Gasteiger partial charge in [0.15, 0.2) is 10.9 Å². The Balaban J connectivity index is 2.25. The van der Waals surface area contributed by atoms with E-state index in [2.05, 4.69) is 9.97 Å². The van der Waals surface area contributed by atoms with Crippen LogP contribution in [0.4, 0.5) is 5.69 Å². The van der Waals surface area contributed by atoms with Crippen molar-refractivity contribution in [3.63, 3.8) is 0 Å². The van der Waals surface area contributed by atoms with Crippen molar-refractivity contribution in [1.29, 1.82) is 0 Å². The van der Waals surface area contributed by atoms with Gasteiger partial charge in [-0.25, -0.2) is 9.97 Å². The van der Waals surface area contributed by atoms with Gasteiger partial charge in [-0.15, -0.1) is 0 Å². The van der Waals surface area contributed by atoms with Gasteiger partial charge in [0.05, 0.1) is 18.2 Å². The lowest BCUT2D eigenvalue weighted by molar-refractivity contribution is -0.384. The summed E-state index contributed by atoms with van der Waals surface area (Å²) in [6.45, 7) is 0. The Morgan fingerprint density at radius 2 is 2.00 bits per heavy atom. The molecule has 1 aromatic carbocycles. The first kappa shape index (κ1) is 15.0. The van der Waals surface area contributed by atoms with E-state index >= 15 is 0 Å². The highest BCUT2D eigenvalue weighted by atomic mass is 32.2. The maximum absolute atomic E-state index is 10.6. The molecule has 0 amide bonds. The number of rotatable bonds is 5. The zero-order valence-electron chi connectivity index (χ0n) is 11.5. The predicted octanol–water partition coefficient (Wildman–Crippen LogP) is 3.29. The molecule has 7 heteroatoms. The van der Waals surface area contributed by atoms with Crippen LogP contribution >= 0.6 is 11.8 Å². The molecule has 0 fully saturated rings. The number of benzene rings is 1. The maximum atomic E-state index is 10.6. The molecule has 0 saturated carbocycles. The molecule has 1 aromatic heterocycles. The third-order valence-electron chi connectivity index (χ3n) is 2.70. The van der Waals surface area contributed by atoms with Gasteiger partial charge in [0, 0.05) is 12.1 Å². The average Bonchev–Trinajstić information content (AvgIpc) is 2.52. The van der Waals surface area contributed by atoms with E-state index in [0.717, 1.165) is 5.56 Å². The standard InChI is InChI=1S/C14H13N3O3S/c1-20-13-9-15-14(21-2)16-12(13)8-5-10-3-6-11(7-4-10)17(18)19/h3-9H,1-2H3/b8-5+. The molecule has 2 aromatic rings. The van der Waals surface area contributed by atoms with Crippen molar-refractivity contribution < 1.29 is 9.66 Å². The zero-order chi connectivity index (χ0) is 15.2. The molecule has 0 radical (unpaired) electrons. The Labute approximate surface area is 126 Å². The third-order valence-corrected chi connectivity index (χ3v) is 3.26. The molecule has 0 atom stereocenters. The molecule has 108 valence electrons. The highest BCUT2D eigenvalue weighted by Gasteiger charge is 2.05. The lowest BCUT2D eigenvalue weighted by atomic mass is 10.2. The van der Waals surface area contributed by atoms with Gasteiger partial charge in [0.1, 0.15) is 5.69 Å². The quantitative estimate of drug-likeness (QED) is 0.365. The van der Waals surface area contributed by atoms with Crippen LogP contribution in [0.5, 0.6) is 5.75 Å². The van der Waals surface area contributed by atoms with Crippen molar-refractivity contribution in [3.05, 3.63) is 51.8 Å². The van der Waals surface area contributed by atoms with Crippen LogP contribution in [0, 0.1) is 10.1 Å². The molecule has 0 N–H and O–H groups in total. The Morgan fingerprint density at radius 1 is 1.29 bits per heavy atom. The summed E-state index contributed by atoms with van der Waals surface area (Å²) in [6.07, 6.45) is 7.13. The summed E-state index contributed by atoms with van der Waals surface area (Å²) in [5.74, 6) is 0.575. The van der Waals surface area contributed by atoms with Crippen molar-refractivity contribution >= 4 is 29.6 Å². The van der Waals surface area contributed by atoms with Crippen LogP contribution in [-0.4, -0.2) is 28.3 Å². The maximum Gasteiger partial charge on any atom is 0.269 e. The lowest BCUT2D eigenvalue weighted by Crippen LogP contribution is -1.94. The minimum Gasteiger partial charge on any atom is -0.493 e. The van der Waals surface area contributed by atoms with E-state index in [1.165, 1.54) is 23.9 Å². The van der Waals surface area contributed by atoms with Gasteiger partial charge in [0.25, 0.3) is 5.69 Å². The van der Waals surface area contributed by atoms with Gasteiger partial charge >= 0.3 is 0 Å². The monoisotopic (exact) mass is 303 g/mol. The Hall–Kier alpha value is -2.41. The summed E-state index contributed by atoms with van der Waals surface area (Å²) in [4.78, 5) is 18.7. The number of hydrogen-bond donors (Lipinski definition) is 0. The highest BCUT2D eigenvalue weighted by Crippen LogP contribution is 2.21. The molecule has 0 aliphatic carbocycles. The lowest BCUT2D eigenvalue weighted by Gasteiger charge is -2.04. The van der Waals surface area contributed by atoms with E-state index in [1.54, 1.807) is 31.5 Å². The van der Waals surface area contributed by atoms with Crippen LogP contribution in [0.3, 0.4) is 0 Å². The Morgan fingerprint density at radius 3 is 2.57 bits per heavy atom. The number of nitrogens with zero attached hydrogens (tertiary/aromatic N) is 3. The number of ether oxygens (including phenoxy) is 1. The first-order chi connectivity index (χ1) is 10.1. The second-order valence-electron chi connectivity index (χ2n) is 3.99. The van der Waals surface area contributed by atoms with Gasteiger partial charge in [-0.05, 0) is 30.0 Å². The second-order valence-corrected chi connectivity index (χ2v) is 4.77. The van der Waals surface area contributed by atoms with E-state index in [-0.39, 0.29) is 5.69 Å². The SMILES string of the molecule is COc1cnc(SC)nc1/C=C/c1ccc([N+](=O)[O-])cc1. The van der Waals surface area contributed by atoms with Crippen molar-refractivity contribution in [1.82, 2.24) is 9.97 Å². The number of aromatic nitrogens is 2. The number of non-ortho nitro benzene ring substituents is 1. The molecule has 0 aliphatic rings. The number of methoxy groups -OCH3 is 1. The summed E-state index contributed by atoms with van der Waals surface area (Å²) >= 11 is 1.44. The molecule has 0 unspecified atom stereocenters. The smallest absolute Gasteiger partial charge is 0.269 e. The van der Waals surface area contributed by atoms with Crippen molar-refractivity contribution in [2.24, 2.45) is 0 Å². The highest BCUT2D eigenvalue weighted by molar-refractivity contribution is 7.98. The number of thioether (sulfide) groups is 1. The summed E-state index contributed by atoms with van der Waals surface area (Å²) < 4.78 is 5.21. The summed E-state index contributed by atoms with van der Waals surface area (Å²) in [5, 5.41) is 11.2. The topological polar surface area (TPSA) is 78.2 Å². The van der Waals surface area contributed by atoms with E-state index in [0.29, 0.717) is 16.6 Å². The molecule has 0 spiro atoms. The fourth-order valence-corrected chi connectivity index (χ4v) is 1.97. The van der Waals surface area contributed by atoms with E-state index in [9.17, 15) is 10.1 Å². The molecule has 0 aliphatic heterocycles. The van der Waals surface area contributed by atoms with E-state index in [4.69, 9.17) is 4.74 Å². The first-order valence-electron chi connectivity index (χ1n) is 6.01. The molecule has 1 heterocycles. The number of hydrogen-bond acceptors (Lipinski definition) is 6. The summed E-state index contributed by atoms with van der Waals surface area (Å²) in [6, 6.07) is 6.28. The van der Waals surface area contributed by atoms with Crippen molar-refractivity contribution in [2.75, 3.05) is 13.4 Å². The van der Waals surface area contributed by atoms with Crippen LogP contribution < -0.4 is 4.74 Å². The fraction of sp³-hybridized carbons (Fsp3) is 0.143. The van der Waals surface area contributed by atoms with Crippen LogP contribution in [0.25, 0.3) is 12.2 Å². The van der Waals surface area contributed by atoms with Crippen LogP contribution in [0.1, 0.15) is 11.3 Å². The van der Waals surface area contributed by atoms with E-state index < -0.39 is 4.92 Å². The first-order valence-corrected chi connectivity index (χ1v) is 7.24. The third kappa shape index (κ3) is 3.79. The predicted molar refractivity (Wildman–Crippen MR) is 82.4 cm³/mol. The van der Waals surface area contributed by atoms with Gasteiger partial charge < -0.3 is 4.74 Å². The molecule has 6 nitrogen and oxygen atoms in total. The number of nitro benzene ring substituents is 1. The van der Waals surface area contributed by atoms with Gasteiger partial charge in [0.2, 0.25) is 0 Å². The van der Waals surface area contributed by atoms with Crippen LogP contribution in [0.2, 0.25) is 0 Å². The molecule has 0 bridgehead atoms. The van der Waals surface area contributed by atoms with Gasteiger partial charge in [-0.2, -0.15) is 0 Å². The fourth-order valence-electron chi connectivity index (χ4n) is 1.62. The minimum atomic E-state index is -0.425. The van der Waals surface area contributed by atoms with Crippen LogP contribution in [0.15, 0.2) is 35.6 Å². The van der Waals surface area contributed by atoms with Crippen molar-refractivity contribution in [2.45, 2.75) is 5.16 Å². The molecular weight excluding hydrogens is 290 g/mol. The van der Waals surface area contributed by atoms with E-state index in [1.807, 2.05) is 12.3 Å². The summed E-state index contributed by atoms with van der Waals surface area (Å²) in [5.41, 5.74) is 1.57. The molecular formula is C14H13N3O3S. The molecule has 0 saturated heterocycles. The van der Waals surface area contributed by atoms with Crippen LogP contribution in [-0.2, 0) is 0 Å². The normalized spacial score (nSPS) is 10.8. The second kappa shape index (κ2) is 6.85. The van der Waals surface area contributed by atoms with Crippen molar-refractivity contribution in [3.8, 4) is 5.75 Å². The minimum absolute atomic E-state index is 0.0661. The zero-order valence-corrected chi connectivity index (χ0v) is 12.3. The summed E-state index contributed by atoms with van der Waals surface area (Å²) in [7, 11) is 1.56.